The number of aromatic nitrogens is 1. The maximum absolute atomic E-state index is 8.34. The molecule has 0 unspecified atom stereocenters. The topological polar surface area (TPSA) is 48.7 Å². The SMILES string of the molecule is Cc1cnccc1CNCCCC#N. The van der Waals surface area contributed by atoms with Gasteiger partial charge in [-0.25, -0.2) is 0 Å². The first kappa shape index (κ1) is 10.7. The Morgan fingerprint density at radius 2 is 2.43 bits per heavy atom. The molecule has 1 aromatic heterocycles. The fourth-order valence-electron chi connectivity index (χ4n) is 1.22. The molecule has 74 valence electrons. The van der Waals surface area contributed by atoms with Crippen molar-refractivity contribution in [1.82, 2.24) is 10.3 Å². The molecule has 0 spiro atoms. The van der Waals surface area contributed by atoms with Crippen LogP contribution in [0.25, 0.3) is 0 Å². The highest BCUT2D eigenvalue weighted by Crippen LogP contribution is 2.03. The number of pyridine rings is 1. The van der Waals surface area contributed by atoms with E-state index in [-0.39, 0.29) is 0 Å². The summed E-state index contributed by atoms with van der Waals surface area (Å²) in [5.74, 6) is 0. The number of hydrogen-bond donors (Lipinski definition) is 1. The van der Waals surface area contributed by atoms with E-state index in [4.69, 9.17) is 5.26 Å². The van der Waals surface area contributed by atoms with Crippen LogP contribution < -0.4 is 5.32 Å². The number of nitrogens with one attached hydrogen (secondary N) is 1. The summed E-state index contributed by atoms with van der Waals surface area (Å²) in [4.78, 5) is 4.03. The minimum Gasteiger partial charge on any atom is -0.313 e. The lowest BCUT2D eigenvalue weighted by Crippen LogP contribution is -2.15. The van der Waals surface area contributed by atoms with Gasteiger partial charge in [-0.15, -0.1) is 0 Å². The van der Waals surface area contributed by atoms with Crippen LogP contribution in [0.2, 0.25) is 0 Å². The number of rotatable bonds is 5. The zero-order chi connectivity index (χ0) is 10.2. The molecule has 0 saturated heterocycles. The quantitative estimate of drug-likeness (QED) is 0.718. The molecule has 0 bridgehead atoms. The molecule has 0 radical (unpaired) electrons. The fraction of sp³-hybridized carbons (Fsp3) is 0.455. The highest BCUT2D eigenvalue weighted by atomic mass is 14.8. The van der Waals surface area contributed by atoms with E-state index < -0.39 is 0 Å². The predicted molar refractivity (Wildman–Crippen MR) is 55.5 cm³/mol. The van der Waals surface area contributed by atoms with Crippen molar-refractivity contribution in [3.8, 4) is 6.07 Å². The predicted octanol–water partition coefficient (Wildman–Crippen LogP) is 1.78. The molecule has 1 aromatic rings. The molecule has 1 N–H and O–H groups in total. The molecule has 0 fully saturated rings. The number of nitriles is 1. The smallest absolute Gasteiger partial charge is 0.0622 e. The third kappa shape index (κ3) is 3.55. The minimum absolute atomic E-state index is 0.627. The molecule has 3 nitrogen and oxygen atoms in total. The van der Waals surface area contributed by atoms with Gasteiger partial charge < -0.3 is 5.32 Å². The van der Waals surface area contributed by atoms with Gasteiger partial charge in [-0.05, 0) is 37.1 Å². The Kier molecular flexibility index (Phi) is 4.66. The van der Waals surface area contributed by atoms with Crippen molar-refractivity contribution in [3.05, 3.63) is 29.6 Å². The summed E-state index contributed by atoms with van der Waals surface area (Å²) in [7, 11) is 0. The van der Waals surface area contributed by atoms with E-state index in [1.54, 1.807) is 6.20 Å². The van der Waals surface area contributed by atoms with E-state index in [0.29, 0.717) is 6.42 Å². The van der Waals surface area contributed by atoms with Crippen LogP contribution in [-0.4, -0.2) is 11.5 Å². The van der Waals surface area contributed by atoms with E-state index >= 15 is 0 Å². The second-order valence-corrected chi connectivity index (χ2v) is 3.24. The van der Waals surface area contributed by atoms with Gasteiger partial charge in [0, 0.05) is 25.4 Å². The molecule has 0 aliphatic heterocycles. The Labute approximate surface area is 84.8 Å². The molecule has 0 atom stereocenters. The fourth-order valence-corrected chi connectivity index (χ4v) is 1.22. The van der Waals surface area contributed by atoms with Crippen molar-refractivity contribution >= 4 is 0 Å². The highest BCUT2D eigenvalue weighted by molar-refractivity contribution is 5.21. The highest BCUT2D eigenvalue weighted by Gasteiger charge is 1.95. The number of nitrogens with zero attached hydrogens (tertiary/aromatic N) is 2. The van der Waals surface area contributed by atoms with Crippen LogP contribution in [0.3, 0.4) is 0 Å². The Bertz CT molecular complexity index is 315. The van der Waals surface area contributed by atoms with Gasteiger partial charge in [0.1, 0.15) is 0 Å². The Morgan fingerprint density at radius 1 is 1.57 bits per heavy atom. The summed E-state index contributed by atoms with van der Waals surface area (Å²) in [6.07, 6.45) is 5.22. The van der Waals surface area contributed by atoms with Gasteiger partial charge in [0.25, 0.3) is 0 Å². The molecule has 3 heteroatoms. The minimum atomic E-state index is 0.627. The van der Waals surface area contributed by atoms with Crippen LogP contribution in [0.15, 0.2) is 18.5 Å². The number of unbranched alkanes of at least 4 members (excludes halogenated alkanes) is 1. The summed E-state index contributed by atoms with van der Waals surface area (Å²) < 4.78 is 0. The van der Waals surface area contributed by atoms with Crippen LogP contribution >= 0.6 is 0 Å². The molecule has 0 aliphatic rings. The Hall–Kier alpha value is -1.40. The van der Waals surface area contributed by atoms with E-state index in [0.717, 1.165) is 19.5 Å². The van der Waals surface area contributed by atoms with Gasteiger partial charge in [-0.3, -0.25) is 4.98 Å². The van der Waals surface area contributed by atoms with Crippen molar-refractivity contribution in [2.75, 3.05) is 6.54 Å². The van der Waals surface area contributed by atoms with Gasteiger partial charge in [0.2, 0.25) is 0 Å². The van der Waals surface area contributed by atoms with Crippen molar-refractivity contribution in [3.63, 3.8) is 0 Å². The lowest BCUT2D eigenvalue weighted by Gasteiger charge is -2.05. The van der Waals surface area contributed by atoms with Crippen LogP contribution in [0, 0.1) is 18.3 Å². The molecule has 0 saturated carbocycles. The van der Waals surface area contributed by atoms with E-state index in [1.807, 2.05) is 12.3 Å². The first-order chi connectivity index (χ1) is 6.84. The second-order valence-electron chi connectivity index (χ2n) is 3.24. The van der Waals surface area contributed by atoms with Crippen molar-refractivity contribution in [1.29, 1.82) is 5.26 Å². The maximum Gasteiger partial charge on any atom is 0.0622 e. The zero-order valence-electron chi connectivity index (χ0n) is 8.45. The molecule has 1 rings (SSSR count). The summed E-state index contributed by atoms with van der Waals surface area (Å²) in [5, 5.41) is 11.6. The lowest BCUT2D eigenvalue weighted by molar-refractivity contribution is 0.655. The van der Waals surface area contributed by atoms with Crippen molar-refractivity contribution in [2.24, 2.45) is 0 Å². The summed E-state index contributed by atoms with van der Waals surface area (Å²) in [6, 6.07) is 4.15. The van der Waals surface area contributed by atoms with Crippen LogP contribution in [-0.2, 0) is 6.54 Å². The van der Waals surface area contributed by atoms with Gasteiger partial charge in [0.15, 0.2) is 0 Å². The van der Waals surface area contributed by atoms with Crippen molar-refractivity contribution < 1.29 is 0 Å². The average molecular weight is 189 g/mol. The standard InChI is InChI=1S/C11H15N3/c1-10-8-14-7-4-11(10)9-13-6-3-2-5-12/h4,7-8,13H,2-3,6,9H2,1H3. The van der Waals surface area contributed by atoms with E-state index in [1.165, 1.54) is 11.1 Å². The van der Waals surface area contributed by atoms with E-state index in [2.05, 4.69) is 23.3 Å². The second kappa shape index (κ2) is 6.11. The molecular formula is C11H15N3. The average Bonchev–Trinajstić information content (AvgIpc) is 2.20. The first-order valence-electron chi connectivity index (χ1n) is 4.81. The van der Waals surface area contributed by atoms with Crippen LogP contribution in [0.4, 0.5) is 0 Å². The van der Waals surface area contributed by atoms with E-state index in [9.17, 15) is 0 Å². The molecule has 14 heavy (non-hydrogen) atoms. The van der Waals surface area contributed by atoms with Gasteiger partial charge in [-0.1, -0.05) is 0 Å². The molecule has 1 heterocycles. The monoisotopic (exact) mass is 189 g/mol. The molecule has 0 aliphatic carbocycles. The van der Waals surface area contributed by atoms with Gasteiger partial charge in [-0.2, -0.15) is 5.26 Å². The van der Waals surface area contributed by atoms with Crippen LogP contribution in [0.5, 0.6) is 0 Å². The first-order valence-corrected chi connectivity index (χ1v) is 4.81. The lowest BCUT2D eigenvalue weighted by atomic mass is 10.1. The Morgan fingerprint density at radius 3 is 3.14 bits per heavy atom. The summed E-state index contributed by atoms with van der Waals surface area (Å²) in [5.41, 5.74) is 2.48. The largest absolute Gasteiger partial charge is 0.313 e. The normalized spacial score (nSPS) is 9.71. The van der Waals surface area contributed by atoms with Crippen molar-refractivity contribution in [2.45, 2.75) is 26.3 Å². The molecule has 0 amide bonds. The molecular weight excluding hydrogens is 174 g/mol. The van der Waals surface area contributed by atoms with Gasteiger partial charge in [0.05, 0.1) is 6.07 Å². The van der Waals surface area contributed by atoms with Crippen LogP contribution in [0.1, 0.15) is 24.0 Å². The number of aryl methyl sites for hydroxylation is 1. The number of hydrogen-bond acceptors (Lipinski definition) is 3. The molecule has 0 aromatic carbocycles. The Balaban J connectivity index is 2.25. The zero-order valence-corrected chi connectivity index (χ0v) is 8.45. The maximum atomic E-state index is 8.34. The van der Waals surface area contributed by atoms with Gasteiger partial charge >= 0.3 is 0 Å². The summed E-state index contributed by atoms with van der Waals surface area (Å²) in [6.45, 7) is 3.81. The third-order valence-corrected chi connectivity index (χ3v) is 2.09. The summed E-state index contributed by atoms with van der Waals surface area (Å²) >= 11 is 0. The third-order valence-electron chi connectivity index (χ3n) is 2.09.